The first kappa shape index (κ1) is 13.9. The molecule has 2 amide bonds. The predicted octanol–water partition coefficient (Wildman–Crippen LogP) is -0.210. The molecular weight excluding hydrogens is 196 g/mol. The number of carbonyl (C=O) groups is 2. The van der Waals surface area contributed by atoms with E-state index in [0.29, 0.717) is 13.0 Å². The SMILES string of the molecule is CCCCNC(=O)C(=O)N[C@H](CC)CO. The van der Waals surface area contributed by atoms with E-state index in [9.17, 15) is 9.59 Å². The summed E-state index contributed by atoms with van der Waals surface area (Å²) in [4.78, 5) is 22.4. The lowest BCUT2D eigenvalue weighted by atomic mass is 10.2. The summed E-state index contributed by atoms with van der Waals surface area (Å²) in [5.41, 5.74) is 0. The number of aliphatic hydroxyl groups excluding tert-OH is 1. The van der Waals surface area contributed by atoms with Gasteiger partial charge < -0.3 is 15.7 Å². The number of hydrogen-bond acceptors (Lipinski definition) is 3. The fourth-order valence-corrected chi connectivity index (χ4v) is 0.987. The first-order valence-electron chi connectivity index (χ1n) is 5.35. The van der Waals surface area contributed by atoms with Crippen molar-refractivity contribution in [2.24, 2.45) is 0 Å². The van der Waals surface area contributed by atoms with Crippen molar-refractivity contribution in [3.05, 3.63) is 0 Å². The Kier molecular flexibility index (Phi) is 7.62. The van der Waals surface area contributed by atoms with E-state index in [0.717, 1.165) is 12.8 Å². The minimum absolute atomic E-state index is 0.148. The fraction of sp³-hybridized carbons (Fsp3) is 0.800. The highest BCUT2D eigenvalue weighted by molar-refractivity contribution is 6.35. The van der Waals surface area contributed by atoms with Gasteiger partial charge in [0.15, 0.2) is 0 Å². The van der Waals surface area contributed by atoms with E-state index in [1.54, 1.807) is 0 Å². The van der Waals surface area contributed by atoms with Gasteiger partial charge in [0.05, 0.1) is 12.6 Å². The average Bonchev–Trinajstić information content (AvgIpc) is 2.25. The summed E-state index contributed by atoms with van der Waals surface area (Å²) in [6, 6.07) is -0.338. The van der Waals surface area contributed by atoms with Gasteiger partial charge in [-0.05, 0) is 12.8 Å². The number of carbonyl (C=O) groups excluding carboxylic acids is 2. The third-order valence-electron chi connectivity index (χ3n) is 2.07. The molecule has 15 heavy (non-hydrogen) atoms. The van der Waals surface area contributed by atoms with Gasteiger partial charge in [0.25, 0.3) is 0 Å². The molecule has 0 saturated heterocycles. The molecule has 0 rings (SSSR count). The third kappa shape index (κ3) is 6.06. The van der Waals surface area contributed by atoms with Crippen LogP contribution in [0.5, 0.6) is 0 Å². The minimum atomic E-state index is -0.674. The monoisotopic (exact) mass is 216 g/mol. The van der Waals surface area contributed by atoms with Crippen LogP contribution >= 0.6 is 0 Å². The van der Waals surface area contributed by atoms with Gasteiger partial charge in [0, 0.05) is 6.54 Å². The highest BCUT2D eigenvalue weighted by Crippen LogP contribution is 1.88. The van der Waals surface area contributed by atoms with Gasteiger partial charge in [0.2, 0.25) is 0 Å². The molecular formula is C10H20N2O3. The van der Waals surface area contributed by atoms with Crippen molar-refractivity contribution >= 4 is 11.8 Å². The van der Waals surface area contributed by atoms with Gasteiger partial charge in [-0.2, -0.15) is 0 Å². The quantitative estimate of drug-likeness (QED) is 0.424. The fourth-order valence-electron chi connectivity index (χ4n) is 0.987. The average molecular weight is 216 g/mol. The standard InChI is InChI=1S/C10H20N2O3/c1-3-5-6-11-9(14)10(15)12-8(4-2)7-13/h8,13H,3-7H2,1-2H3,(H,11,14)(H,12,15)/t8-/m1/s1. The molecule has 0 aromatic rings. The molecule has 0 unspecified atom stereocenters. The summed E-state index contributed by atoms with van der Waals surface area (Å²) >= 11 is 0. The second kappa shape index (κ2) is 8.23. The molecule has 0 bridgehead atoms. The van der Waals surface area contributed by atoms with Crippen LogP contribution in [0, 0.1) is 0 Å². The lowest BCUT2D eigenvalue weighted by Gasteiger charge is -2.13. The maximum absolute atomic E-state index is 11.2. The van der Waals surface area contributed by atoms with Gasteiger partial charge in [0.1, 0.15) is 0 Å². The van der Waals surface area contributed by atoms with Crippen LogP contribution in [0.15, 0.2) is 0 Å². The Morgan fingerprint density at radius 2 is 1.93 bits per heavy atom. The van der Waals surface area contributed by atoms with Crippen LogP contribution in [0.2, 0.25) is 0 Å². The molecule has 5 heteroatoms. The number of unbranched alkanes of at least 4 members (excludes halogenated alkanes) is 1. The maximum Gasteiger partial charge on any atom is 0.309 e. The van der Waals surface area contributed by atoms with Crippen molar-refractivity contribution in [1.29, 1.82) is 0 Å². The Bertz CT molecular complexity index is 203. The zero-order chi connectivity index (χ0) is 11.7. The van der Waals surface area contributed by atoms with Gasteiger partial charge in [-0.25, -0.2) is 0 Å². The van der Waals surface area contributed by atoms with Crippen LogP contribution in [0.3, 0.4) is 0 Å². The molecule has 0 fully saturated rings. The molecule has 0 aliphatic heterocycles. The summed E-state index contributed by atoms with van der Waals surface area (Å²) < 4.78 is 0. The van der Waals surface area contributed by atoms with Gasteiger partial charge in [-0.1, -0.05) is 20.3 Å². The van der Waals surface area contributed by atoms with Crippen LogP contribution in [0.25, 0.3) is 0 Å². The Morgan fingerprint density at radius 1 is 1.27 bits per heavy atom. The molecule has 3 N–H and O–H groups in total. The summed E-state index contributed by atoms with van der Waals surface area (Å²) in [6.45, 7) is 4.20. The van der Waals surface area contributed by atoms with E-state index >= 15 is 0 Å². The zero-order valence-corrected chi connectivity index (χ0v) is 9.38. The highest BCUT2D eigenvalue weighted by atomic mass is 16.3. The summed E-state index contributed by atoms with van der Waals surface area (Å²) in [7, 11) is 0. The van der Waals surface area contributed by atoms with Gasteiger partial charge in [-0.3, -0.25) is 9.59 Å². The number of amides is 2. The number of nitrogens with one attached hydrogen (secondary N) is 2. The molecule has 88 valence electrons. The Labute approximate surface area is 90.2 Å². The smallest absolute Gasteiger partial charge is 0.309 e. The molecule has 0 heterocycles. The molecule has 1 atom stereocenters. The number of hydrogen-bond donors (Lipinski definition) is 3. The minimum Gasteiger partial charge on any atom is -0.394 e. The van der Waals surface area contributed by atoms with Crippen molar-refractivity contribution < 1.29 is 14.7 Å². The van der Waals surface area contributed by atoms with Crippen LogP contribution in [-0.4, -0.2) is 36.1 Å². The molecule has 0 aromatic heterocycles. The van der Waals surface area contributed by atoms with Crippen LogP contribution in [0.1, 0.15) is 33.1 Å². The number of rotatable bonds is 6. The predicted molar refractivity (Wildman–Crippen MR) is 57.2 cm³/mol. The second-order valence-electron chi connectivity index (χ2n) is 3.37. The summed E-state index contributed by atoms with van der Waals surface area (Å²) in [6.07, 6.45) is 2.43. The highest BCUT2D eigenvalue weighted by Gasteiger charge is 2.15. The van der Waals surface area contributed by atoms with E-state index in [2.05, 4.69) is 10.6 Å². The summed E-state index contributed by atoms with van der Waals surface area (Å²) in [5.74, 6) is -1.30. The van der Waals surface area contributed by atoms with Crippen molar-refractivity contribution in [1.82, 2.24) is 10.6 Å². The molecule has 0 spiro atoms. The Balaban J connectivity index is 3.82. The van der Waals surface area contributed by atoms with Gasteiger partial charge >= 0.3 is 11.8 Å². The van der Waals surface area contributed by atoms with E-state index < -0.39 is 11.8 Å². The lowest BCUT2D eigenvalue weighted by Crippen LogP contribution is -2.45. The van der Waals surface area contributed by atoms with Crippen molar-refractivity contribution in [3.63, 3.8) is 0 Å². The molecule has 0 saturated carbocycles. The van der Waals surface area contributed by atoms with Crippen molar-refractivity contribution in [2.75, 3.05) is 13.2 Å². The molecule has 0 aliphatic carbocycles. The second-order valence-corrected chi connectivity index (χ2v) is 3.37. The van der Waals surface area contributed by atoms with E-state index in [1.165, 1.54) is 0 Å². The molecule has 0 radical (unpaired) electrons. The Hall–Kier alpha value is -1.10. The van der Waals surface area contributed by atoms with E-state index in [-0.39, 0.29) is 12.6 Å². The zero-order valence-electron chi connectivity index (χ0n) is 9.38. The summed E-state index contributed by atoms with van der Waals surface area (Å²) in [5, 5.41) is 13.8. The van der Waals surface area contributed by atoms with Crippen LogP contribution in [0.4, 0.5) is 0 Å². The van der Waals surface area contributed by atoms with Crippen molar-refractivity contribution in [2.45, 2.75) is 39.2 Å². The van der Waals surface area contributed by atoms with Crippen molar-refractivity contribution in [3.8, 4) is 0 Å². The largest absolute Gasteiger partial charge is 0.394 e. The number of aliphatic hydroxyl groups is 1. The molecule has 0 aliphatic rings. The first-order valence-corrected chi connectivity index (χ1v) is 5.35. The normalized spacial score (nSPS) is 11.9. The van der Waals surface area contributed by atoms with Crippen LogP contribution < -0.4 is 10.6 Å². The first-order chi connectivity index (χ1) is 7.15. The van der Waals surface area contributed by atoms with E-state index in [1.807, 2.05) is 13.8 Å². The van der Waals surface area contributed by atoms with E-state index in [4.69, 9.17) is 5.11 Å². The van der Waals surface area contributed by atoms with Crippen LogP contribution in [-0.2, 0) is 9.59 Å². The molecule has 0 aromatic carbocycles. The molecule has 5 nitrogen and oxygen atoms in total. The Morgan fingerprint density at radius 3 is 2.40 bits per heavy atom. The maximum atomic E-state index is 11.2. The third-order valence-corrected chi connectivity index (χ3v) is 2.07. The lowest BCUT2D eigenvalue weighted by molar-refractivity contribution is -0.139. The van der Waals surface area contributed by atoms with Gasteiger partial charge in [-0.15, -0.1) is 0 Å². The topological polar surface area (TPSA) is 78.4 Å².